The van der Waals surface area contributed by atoms with Gasteiger partial charge in [-0.2, -0.15) is 5.10 Å². The average molecular weight is 532 g/mol. The average Bonchev–Trinajstić information content (AvgIpc) is 3.51. The fourth-order valence-corrected chi connectivity index (χ4v) is 5.48. The van der Waals surface area contributed by atoms with Crippen LogP contribution in [0.25, 0.3) is 22.0 Å². The number of anilines is 1. The second kappa shape index (κ2) is 10.8. The Labute approximate surface area is 225 Å². The lowest BCUT2D eigenvalue weighted by Gasteiger charge is -2.26. The fraction of sp³-hybridized carbons (Fsp3) is 0.379. The number of nitrogens with one attached hydrogen (secondary N) is 2. The van der Waals surface area contributed by atoms with E-state index in [9.17, 15) is 13.6 Å². The minimum absolute atomic E-state index is 0.110. The molecule has 5 heterocycles. The zero-order valence-electron chi connectivity index (χ0n) is 21.7. The normalized spacial score (nSPS) is 18.0. The van der Waals surface area contributed by atoms with Gasteiger partial charge < -0.3 is 5.32 Å². The lowest BCUT2D eigenvalue weighted by atomic mass is 10.0. The van der Waals surface area contributed by atoms with Crippen molar-refractivity contribution in [2.75, 3.05) is 31.5 Å². The van der Waals surface area contributed by atoms with Crippen LogP contribution in [-0.4, -0.2) is 68.0 Å². The van der Waals surface area contributed by atoms with E-state index >= 15 is 0 Å². The Balaban J connectivity index is 1.18. The highest BCUT2D eigenvalue weighted by Gasteiger charge is 2.37. The number of amides is 1. The van der Waals surface area contributed by atoms with Gasteiger partial charge in [-0.3, -0.25) is 29.7 Å². The van der Waals surface area contributed by atoms with E-state index in [1.807, 2.05) is 30.3 Å². The molecule has 2 aliphatic rings. The van der Waals surface area contributed by atoms with Crippen LogP contribution in [0.3, 0.4) is 0 Å². The summed E-state index contributed by atoms with van der Waals surface area (Å²) >= 11 is 0. The number of fused-ring (bicyclic) bond motifs is 1. The minimum Gasteiger partial charge on any atom is -0.320 e. The topological polar surface area (TPSA) is 90.0 Å². The van der Waals surface area contributed by atoms with Gasteiger partial charge in [0.05, 0.1) is 17.8 Å². The molecule has 39 heavy (non-hydrogen) atoms. The van der Waals surface area contributed by atoms with E-state index in [0.717, 1.165) is 47.5 Å². The van der Waals surface area contributed by atoms with Crippen molar-refractivity contribution >= 4 is 22.5 Å². The number of nitrogens with zero attached hydrogens (tertiary/aromatic N) is 5. The van der Waals surface area contributed by atoms with Crippen LogP contribution in [0.5, 0.6) is 0 Å². The third kappa shape index (κ3) is 5.97. The SMILES string of the molecule is O=C(Nc1ccnc(CN2CCCCC2)c1)c1n[nH]c2ccc(-c3cncc(CN4CCC(F)(F)C4)c3)cc12. The first-order valence-corrected chi connectivity index (χ1v) is 13.4. The van der Waals surface area contributed by atoms with E-state index in [0.29, 0.717) is 29.9 Å². The summed E-state index contributed by atoms with van der Waals surface area (Å²) in [5.41, 5.74) is 5.23. The maximum Gasteiger partial charge on any atom is 0.276 e. The molecule has 0 radical (unpaired) electrons. The van der Waals surface area contributed by atoms with Crippen molar-refractivity contribution in [3.63, 3.8) is 0 Å². The Bertz CT molecular complexity index is 1480. The number of rotatable bonds is 7. The summed E-state index contributed by atoms with van der Waals surface area (Å²) in [6.07, 6.45) is 8.76. The molecule has 3 aromatic heterocycles. The van der Waals surface area contributed by atoms with Crippen molar-refractivity contribution in [3.05, 3.63) is 71.9 Å². The van der Waals surface area contributed by atoms with Crippen molar-refractivity contribution in [1.29, 1.82) is 0 Å². The zero-order valence-corrected chi connectivity index (χ0v) is 21.7. The van der Waals surface area contributed by atoms with E-state index in [2.05, 4.69) is 30.4 Å². The lowest BCUT2D eigenvalue weighted by molar-refractivity contribution is 0.0115. The number of hydrogen-bond acceptors (Lipinski definition) is 6. The summed E-state index contributed by atoms with van der Waals surface area (Å²) in [5, 5.41) is 10.9. The van der Waals surface area contributed by atoms with E-state index in [-0.39, 0.29) is 18.9 Å². The highest BCUT2D eigenvalue weighted by molar-refractivity contribution is 6.11. The number of aromatic nitrogens is 4. The van der Waals surface area contributed by atoms with Crippen LogP contribution >= 0.6 is 0 Å². The molecular formula is C29H31F2N7O. The molecule has 1 aromatic carbocycles. The van der Waals surface area contributed by atoms with Crippen LogP contribution in [0.1, 0.15) is 47.4 Å². The highest BCUT2D eigenvalue weighted by Crippen LogP contribution is 2.30. The van der Waals surface area contributed by atoms with Crippen LogP contribution in [0.4, 0.5) is 14.5 Å². The van der Waals surface area contributed by atoms with Gasteiger partial charge in [-0.05, 0) is 67.4 Å². The van der Waals surface area contributed by atoms with Gasteiger partial charge in [0.1, 0.15) is 0 Å². The van der Waals surface area contributed by atoms with Crippen molar-refractivity contribution in [2.24, 2.45) is 0 Å². The number of H-pyrrole nitrogens is 1. The number of alkyl halides is 2. The van der Waals surface area contributed by atoms with E-state index in [4.69, 9.17) is 0 Å². The van der Waals surface area contributed by atoms with Gasteiger partial charge in [-0.25, -0.2) is 8.78 Å². The third-order valence-corrected chi connectivity index (χ3v) is 7.47. The Kier molecular flexibility index (Phi) is 7.05. The molecule has 4 aromatic rings. The van der Waals surface area contributed by atoms with Crippen LogP contribution in [0, 0.1) is 0 Å². The number of halogens is 2. The molecule has 6 rings (SSSR count). The van der Waals surface area contributed by atoms with Gasteiger partial charge in [0.15, 0.2) is 5.69 Å². The Morgan fingerprint density at radius 3 is 2.67 bits per heavy atom. The molecule has 202 valence electrons. The molecule has 2 N–H and O–H groups in total. The highest BCUT2D eigenvalue weighted by atomic mass is 19.3. The second-order valence-corrected chi connectivity index (χ2v) is 10.6. The summed E-state index contributed by atoms with van der Waals surface area (Å²) in [6, 6.07) is 11.4. The van der Waals surface area contributed by atoms with Gasteiger partial charge in [0.2, 0.25) is 0 Å². The van der Waals surface area contributed by atoms with Crippen LogP contribution in [0.2, 0.25) is 0 Å². The fourth-order valence-electron chi connectivity index (χ4n) is 5.48. The van der Waals surface area contributed by atoms with Gasteiger partial charge in [-0.15, -0.1) is 0 Å². The zero-order chi connectivity index (χ0) is 26.8. The molecule has 0 saturated carbocycles. The van der Waals surface area contributed by atoms with E-state index in [1.54, 1.807) is 29.6 Å². The first-order chi connectivity index (χ1) is 18.9. The molecule has 1 amide bonds. The number of piperidine rings is 1. The van der Waals surface area contributed by atoms with Crippen molar-refractivity contribution in [3.8, 4) is 11.1 Å². The predicted molar refractivity (Wildman–Crippen MR) is 145 cm³/mol. The number of likely N-dealkylation sites (tertiary alicyclic amines) is 2. The smallest absolute Gasteiger partial charge is 0.276 e. The standard InChI is InChI=1S/C29H31F2N7O/c30-29(31)7-11-38(19-29)17-20-12-22(16-32-15-20)21-4-5-26-25(13-21)27(36-35-26)28(39)34-23-6-8-33-24(14-23)18-37-9-2-1-3-10-37/h4-6,8,12-16H,1-3,7,9-11,17-19H2,(H,35,36)(H,33,34,39). The van der Waals surface area contributed by atoms with E-state index < -0.39 is 5.92 Å². The monoisotopic (exact) mass is 531 g/mol. The number of benzene rings is 1. The largest absolute Gasteiger partial charge is 0.320 e. The molecule has 2 saturated heterocycles. The first-order valence-electron chi connectivity index (χ1n) is 13.4. The Hall–Kier alpha value is -3.76. The molecule has 0 bridgehead atoms. The molecular weight excluding hydrogens is 500 g/mol. The van der Waals surface area contributed by atoms with Crippen molar-refractivity contribution in [2.45, 2.75) is 44.7 Å². The quantitative estimate of drug-likeness (QED) is 0.345. The maximum absolute atomic E-state index is 13.6. The number of carbonyl (C=O) groups is 1. The van der Waals surface area contributed by atoms with E-state index in [1.165, 1.54) is 19.3 Å². The van der Waals surface area contributed by atoms with Gasteiger partial charge in [-0.1, -0.05) is 12.5 Å². The molecule has 10 heteroatoms. The van der Waals surface area contributed by atoms with Crippen molar-refractivity contribution in [1.82, 2.24) is 30.0 Å². The van der Waals surface area contributed by atoms with Gasteiger partial charge in [0, 0.05) is 61.3 Å². The second-order valence-electron chi connectivity index (χ2n) is 10.6. The number of pyridine rings is 2. The summed E-state index contributed by atoms with van der Waals surface area (Å²) in [7, 11) is 0. The predicted octanol–water partition coefficient (Wildman–Crippen LogP) is 5.10. The maximum atomic E-state index is 13.6. The van der Waals surface area contributed by atoms with Crippen LogP contribution in [0.15, 0.2) is 55.0 Å². The molecule has 2 fully saturated rings. The summed E-state index contributed by atoms with van der Waals surface area (Å²) < 4.78 is 27.2. The summed E-state index contributed by atoms with van der Waals surface area (Å²) in [4.78, 5) is 26.2. The third-order valence-electron chi connectivity index (χ3n) is 7.47. The van der Waals surface area contributed by atoms with Crippen LogP contribution in [-0.2, 0) is 13.1 Å². The molecule has 0 atom stereocenters. The molecule has 0 spiro atoms. The number of hydrogen-bond donors (Lipinski definition) is 2. The lowest BCUT2D eigenvalue weighted by Crippen LogP contribution is -2.29. The van der Waals surface area contributed by atoms with Gasteiger partial charge >= 0.3 is 0 Å². The molecule has 0 aliphatic carbocycles. The number of carbonyl (C=O) groups excluding carboxylic acids is 1. The Morgan fingerprint density at radius 1 is 0.974 bits per heavy atom. The Morgan fingerprint density at radius 2 is 1.85 bits per heavy atom. The summed E-state index contributed by atoms with van der Waals surface area (Å²) in [5.74, 6) is -2.94. The van der Waals surface area contributed by atoms with Crippen LogP contribution < -0.4 is 5.32 Å². The minimum atomic E-state index is -2.63. The summed E-state index contributed by atoms with van der Waals surface area (Å²) in [6.45, 7) is 3.48. The number of aromatic amines is 1. The molecule has 2 aliphatic heterocycles. The first kappa shape index (κ1) is 25.5. The molecule has 8 nitrogen and oxygen atoms in total. The van der Waals surface area contributed by atoms with Gasteiger partial charge in [0.25, 0.3) is 11.8 Å². The molecule has 0 unspecified atom stereocenters. The van der Waals surface area contributed by atoms with Crippen molar-refractivity contribution < 1.29 is 13.6 Å².